The molecule has 0 amide bonds. The molecule has 0 unspecified atom stereocenters. The first-order valence-electron chi connectivity index (χ1n) is 5.63. The Morgan fingerprint density at radius 1 is 1.20 bits per heavy atom. The Morgan fingerprint density at radius 3 is 2.20 bits per heavy atom. The molecule has 6 nitrogen and oxygen atoms in total. The normalized spacial score (nSPS) is 13.2. The summed E-state index contributed by atoms with van der Waals surface area (Å²) in [4.78, 5) is -0.213. The van der Waals surface area contributed by atoms with Crippen LogP contribution in [0.15, 0.2) is 23.1 Å². The molecule has 0 heterocycles. The molecule has 0 atom stereocenters. The fourth-order valence-corrected chi connectivity index (χ4v) is 4.01. The zero-order valence-electron chi connectivity index (χ0n) is 11.3. The first kappa shape index (κ1) is 17.2. The number of hydrogen-bond acceptors (Lipinski definition) is 4. The Bertz CT molecular complexity index is 706. The fourth-order valence-electron chi connectivity index (χ4n) is 1.53. The molecule has 0 aliphatic heterocycles. The van der Waals surface area contributed by atoms with E-state index in [1.165, 1.54) is 12.1 Å². The summed E-state index contributed by atoms with van der Waals surface area (Å²) in [5, 5.41) is 5.09. The van der Waals surface area contributed by atoms with Gasteiger partial charge in [-0.05, 0) is 23.6 Å². The fraction of sp³-hybridized carbons (Fsp3) is 0.455. The minimum absolute atomic E-state index is 0.0116. The van der Waals surface area contributed by atoms with Crippen LogP contribution in [0.5, 0.6) is 0 Å². The molecule has 9 heteroatoms. The van der Waals surface area contributed by atoms with Crippen LogP contribution in [-0.4, -0.2) is 22.6 Å². The van der Waals surface area contributed by atoms with Crippen LogP contribution in [0.1, 0.15) is 20.8 Å². The number of rotatable bonds is 4. The van der Waals surface area contributed by atoms with E-state index in [1.807, 2.05) is 0 Å². The summed E-state index contributed by atoms with van der Waals surface area (Å²) in [7, 11) is -7.57. The van der Waals surface area contributed by atoms with Crippen molar-refractivity contribution in [1.82, 2.24) is 0 Å². The van der Waals surface area contributed by atoms with E-state index >= 15 is 0 Å². The molecule has 1 aromatic carbocycles. The summed E-state index contributed by atoms with van der Waals surface area (Å²) in [5.74, 6) is -0.129. The number of primary sulfonamides is 1. The van der Waals surface area contributed by atoms with Crippen LogP contribution in [0.3, 0.4) is 0 Å². The quantitative estimate of drug-likeness (QED) is 0.871. The maximum atomic E-state index is 12.0. The summed E-state index contributed by atoms with van der Waals surface area (Å²) in [6.07, 6.45) is 0. The zero-order valence-corrected chi connectivity index (χ0v) is 13.7. The number of anilines is 1. The van der Waals surface area contributed by atoms with Crippen molar-refractivity contribution >= 4 is 37.3 Å². The van der Waals surface area contributed by atoms with Crippen molar-refractivity contribution in [3.05, 3.63) is 23.2 Å². The average Bonchev–Trinajstić information content (AvgIpc) is 2.15. The van der Waals surface area contributed by atoms with E-state index in [2.05, 4.69) is 4.72 Å². The van der Waals surface area contributed by atoms with E-state index in [0.29, 0.717) is 0 Å². The Morgan fingerprint density at radius 2 is 1.75 bits per heavy atom. The molecule has 114 valence electrons. The van der Waals surface area contributed by atoms with Gasteiger partial charge in [-0.25, -0.2) is 22.0 Å². The summed E-state index contributed by atoms with van der Waals surface area (Å²) in [6.45, 7) is 5.32. The van der Waals surface area contributed by atoms with E-state index in [4.69, 9.17) is 16.7 Å². The van der Waals surface area contributed by atoms with Gasteiger partial charge in [0.1, 0.15) is 0 Å². The van der Waals surface area contributed by atoms with E-state index in [1.54, 1.807) is 20.8 Å². The molecule has 1 rings (SSSR count). The van der Waals surface area contributed by atoms with Gasteiger partial charge in [-0.3, -0.25) is 4.72 Å². The molecule has 0 aliphatic carbocycles. The standard InChI is InChI=1S/C11H17ClN2O4S2/c1-11(2,3)7-19(15,16)14-10-6-8(20(13,17)18)4-5-9(10)12/h4-6,14H,7H2,1-3H3,(H2,13,17,18). The SMILES string of the molecule is CC(C)(C)CS(=O)(=O)Nc1cc(S(N)(=O)=O)ccc1Cl. The van der Waals surface area contributed by atoms with Gasteiger partial charge in [-0.15, -0.1) is 0 Å². The maximum Gasteiger partial charge on any atom is 0.238 e. The summed E-state index contributed by atoms with van der Waals surface area (Å²) in [5.41, 5.74) is -0.460. The zero-order chi connectivity index (χ0) is 15.8. The number of halogens is 1. The lowest BCUT2D eigenvalue weighted by Gasteiger charge is -2.19. The van der Waals surface area contributed by atoms with Crippen LogP contribution in [-0.2, 0) is 20.0 Å². The van der Waals surface area contributed by atoms with Crippen LogP contribution >= 0.6 is 11.6 Å². The van der Waals surface area contributed by atoms with E-state index in [9.17, 15) is 16.8 Å². The lowest BCUT2D eigenvalue weighted by atomic mass is 10.0. The first-order chi connectivity index (χ1) is 8.80. The molecule has 0 bridgehead atoms. The van der Waals surface area contributed by atoms with E-state index in [-0.39, 0.29) is 21.4 Å². The summed E-state index contributed by atoms with van der Waals surface area (Å²) < 4.78 is 48.7. The summed E-state index contributed by atoms with van der Waals surface area (Å²) >= 11 is 5.86. The number of nitrogens with two attached hydrogens (primary N) is 1. The van der Waals surface area contributed by atoms with Crippen molar-refractivity contribution in [2.45, 2.75) is 25.7 Å². The highest BCUT2D eigenvalue weighted by Gasteiger charge is 2.23. The van der Waals surface area contributed by atoms with Crippen molar-refractivity contribution in [2.75, 3.05) is 10.5 Å². The topological polar surface area (TPSA) is 106 Å². The highest BCUT2D eigenvalue weighted by Crippen LogP contribution is 2.27. The van der Waals surface area contributed by atoms with Crippen LogP contribution in [0.25, 0.3) is 0 Å². The van der Waals surface area contributed by atoms with Crippen molar-refractivity contribution in [1.29, 1.82) is 0 Å². The third-order valence-electron chi connectivity index (χ3n) is 2.15. The lowest BCUT2D eigenvalue weighted by molar-refractivity contribution is 0.463. The first-order valence-corrected chi connectivity index (χ1v) is 9.21. The molecule has 0 aromatic heterocycles. The lowest BCUT2D eigenvalue weighted by Crippen LogP contribution is -2.26. The Hall–Kier alpha value is -0.830. The van der Waals surface area contributed by atoms with Gasteiger partial charge in [0.2, 0.25) is 20.0 Å². The monoisotopic (exact) mass is 340 g/mol. The molecular weight excluding hydrogens is 324 g/mol. The minimum atomic E-state index is -3.93. The second-order valence-electron chi connectivity index (χ2n) is 5.61. The number of nitrogens with one attached hydrogen (secondary N) is 1. The van der Waals surface area contributed by atoms with Crippen molar-refractivity contribution in [3.8, 4) is 0 Å². The van der Waals surface area contributed by atoms with E-state index in [0.717, 1.165) is 6.07 Å². The van der Waals surface area contributed by atoms with Crippen LogP contribution < -0.4 is 9.86 Å². The largest absolute Gasteiger partial charge is 0.282 e. The average molecular weight is 341 g/mol. The molecule has 0 fully saturated rings. The minimum Gasteiger partial charge on any atom is -0.282 e. The molecule has 0 saturated carbocycles. The van der Waals surface area contributed by atoms with Gasteiger partial charge < -0.3 is 0 Å². The Labute approximate surface area is 124 Å². The third kappa shape index (κ3) is 5.28. The van der Waals surface area contributed by atoms with Crippen LogP contribution in [0, 0.1) is 5.41 Å². The molecular formula is C11H17ClN2O4S2. The smallest absolute Gasteiger partial charge is 0.238 e. The van der Waals surface area contributed by atoms with Gasteiger partial charge in [0.05, 0.1) is 21.4 Å². The van der Waals surface area contributed by atoms with Gasteiger partial charge in [0, 0.05) is 0 Å². The second kappa shape index (κ2) is 5.51. The Balaban J connectivity index is 3.16. The van der Waals surface area contributed by atoms with Gasteiger partial charge >= 0.3 is 0 Å². The molecule has 0 spiro atoms. The highest BCUT2D eigenvalue weighted by molar-refractivity contribution is 7.92. The summed E-state index contributed by atoms with van der Waals surface area (Å²) in [6, 6.07) is 3.58. The number of sulfonamides is 2. The van der Waals surface area contributed by atoms with Crippen LogP contribution in [0.4, 0.5) is 5.69 Å². The molecule has 0 saturated heterocycles. The molecule has 0 aliphatic rings. The molecule has 3 N–H and O–H groups in total. The highest BCUT2D eigenvalue weighted by atomic mass is 35.5. The number of hydrogen-bond donors (Lipinski definition) is 2. The second-order valence-corrected chi connectivity index (χ2v) is 9.30. The number of benzene rings is 1. The molecule has 1 aromatic rings. The van der Waals surface area contributed by atoms with Crippen LogP contribution in [0.2, 0.25) is 5.02 Å². The van der Waals surface area contributed by atoms with E-state index < -0.39 is 25.5 Å². The van der Waals surface area contributed by atoms with Crippen molar-refractivity contribution in [3.63, 3.8) is 0 Å². The van der Waals surface area contributed by atoms with Crippen molar-refractivity contribution in [2.24, 2.45) is 10.6 Å². The van der Waals surface area contributed by atoms with Gasteiger partial charge in [-0.2, -0.15) is 0 Å². The van der Waals surface area contributed by atoms with Crippen molar-refractivity contribution < 1.29 is 16.8 Å². The van der Waals surface area contributed by atoms with Gasteiger partial charge in [0.15, 0.2) is 0 Å². The maximum absolute atomic E-state index is 12.0. The Kier molecular flexibility index (Phi) is 4.75. The molecule has 20 heavy (non-hydrogen) atoms. The predicted octanol–water partition coefficient (Wildman–Crippen LogP) is 1.78. The van der Waals surface area contributed by atoms with Gasteiger partial charge in [-0.1, -0.05) is 32.4 Å². The van der Waals surface area contributed by atoms with Gasteiger partial charge in [0.25, 0.3) is 0 Å². The third-order valence-corrected chi connectivity index (χ3v) is 5.17. The molecule has 0 radical (unpaired) electrons. The predicted molar refractivity (Wildman–Crippen MR) is 79.7 cm³/mol.